The Bertz CT molecular complexity index is 791. The molecule has 2 heterocycles. The van der Waals surface area contributed by atoms with Crippen molar-refractivity contribution in [1.29, 1.82) is 0 Å². The van der Waals surface area contributed by atoms with Crippen LogP contribution in [0.3, 0.4) is 0 Å². The zero-order chi connectivity index (χ0) is 19.3. The Labute approximate surface area is 156 Å². The molecule has 0 aliphatic heterocycles. The smallest absolute Gasteiger partial charge is 0.339 e. The lowest BCUT2D eigenvalue weighted by Crippen LogP contribution is -2.25. The molecule has 6 nitrogen and oxygen atoms in total. The Balaban J connectivity index is 1.94. The number of nitrogens with one attached hydrogen (secondary N) is 1. The van der Waals surface area contributed by atoms with Gasteiger partial charge in [-0.05, 0) is 50.6 Å². The normalized spacial score (nSPS) is 11.8. The molecule has 7 heteroatoms. The second-order valence-corrected chi connectivity index (χ2v) is 7.08. The van der Waals surface area contributed by atoms with Crippen molar-refractivity contribution in [3.05, 3.63) is 44.9 Å². The molecule has 0 bridgehead atoms. The van der Waals surface area contributed by atoms with Gasteiger partial charge in [-0.15, -0.1) is 11.3 Å². The van der Waals surface area contributed by atoms with Crippen LogP contribution in [0.5, 0.6) is 0 Å². The van der Waals surface area contributed by atoms with Gasteiger partial charge in [0.15, 0.2) is 6.10 Å². The number of hydrogen-bond donors (Lipinski definition) is 1. The van der Waals surface area contributed by atoms with E-state index in [-0.39, 0.29) is 17.9 Å². The van der Waals surface area contributed by atoms with Crippen molar-refractivity contribution in [1.82, 2.24) is 4.98 Å². The fraction of sp³-hybridized carbons (Fsp3) is 0.421. The van der Waals surface area contributed by atoms with Gasteiger partial charge in [0.2, 0.25) is 5.78 Å². The Morgan fingerprint density at radius 1 is 1.27 bits per heavy atom. The molecule has 2 aromatic rings. The number of methoxy groups -OCH3 is 1. The number of H-pyrrole nitrogens is 1. The van der Waals surface area contributed by atoms with Gasteiger partial charge in [-0.2, -0.15) is 0 Å². The van der Waals surface area contributed by atoms with Crippen LogP contribution in [0.15, 0.2) is 17.5 Å². The van der Waals surface area contributed by atoms with Crippen LogP contribution in [0.25, 0.3) is 0 Å². The van der Waals surface area contributed by atoms with Crippen LogP contribution in [-0.4, -0.2) is 35.9 Å². The second-order valence-electron chi connectivity index (χ2n) is 6.05. The fourth-order valence-electron chi connectivity index (χ4n) is 2.78. The molecule has 0 aliphatic rings. The number of esters is 2. The predicted octanol–water partition coefficient (Wildman–Crippen LogP) is 3.62. The molecule has 0 aromatic carbocycles. The number of aromatic amines is 1. The lowest BCUT2D eigenvalue weighted by atomic mass is 10.1. The molecule has 140 valence electrons. The van der Waals surface area contributed by atoms with Crippen molar-refractivity contribution < 1.29 is 23.9 Å². The highest BCUT2D eigenvalue weighted by Crippen LogP contribution is 2.21. The van der Waals surface area contributed by atoms with Crippen molar-refractivity contribution in [2.45, 2.75) is 46.1 Å². The average Bonchev–Trinajstić information content (AvgIpc) is 3.21. The molecule has 26 heavy (non-hydrogen) atoms. The molecule has 0 amide bonds. The number of Topliss-reactive ketones (excluding diaryl/α,β-unsaturated/α-hetero) is 1. The number of ketones is 1. The van der Waals surface area contributed by atoms with E-state index in [0.717, 1.165) is 6.42 Å². The number of carbonyl (C=O) groups is 3. The van der Waals surface area contributed by atoms with Crippen molar-refractivity contribution in [3.63, 3.8) is 0 Å². The third-order valence-corrected chi connectivity index (χ3v) is 5.07. The van der Waals surface area contributed by atoms with E-state index in [4.69, 9.17) is 9.47 Å². The summed E-state index contributed by atoms with van der Waals surface area (Å²) in [5, 5.41) is 2.00. The first kappa shape index (κ1) is 19.9. The van der Waals surface area contributed by atoms with Crippen LogP contribution < -0.4 is 0 Å². The molecular formula is C19H23NO5S. The third-order valence-electron chi connectivity index (χ3n) is 4.14. The SMILES string of the molecule is COC(=O)c1c(C)[nH]c(C(=O)[C@H](C)OC(=O)CCCc2cccs2)c1C. The van der Waals surface area contributed by atoms with Crippen LogP contribution in [-0.2, 0) is 20.7 Å². The second kappa shape index (κ2) is 8.80. The molecular weight excluding hydrogens is 354 g/mol. The number of hydrogen-bond acceptors (Lipinski definition) is 6. The van der Waals surface area contributed by atoms with E-state index in [0.29, 0.717) is 23.2 Å². The molecule has 0 spiro atoms. The number of ether oxygens (including phenoxy) is 2. The molecule has 1 N–H and O–H groups in total. The summed E-state index contributed by atoms with van der Waals surface area (Å²) in [7, 11) is 1.29. The Morgan fingerprint density at radius 2 is 2.00 bits per heavy atom. The van der Waals surface area contributed by atoms with Crippen molar-refractivity contribution in [3.8, 4) is 0 Å². The Hall–Kier alpha value is -2.41. The van der Waals surface area contributed by atoms with Gasteiger partial charge < -0.3 is 14.5 Å². The van der Waals surface area contributed by atoms with Crippen LogP contribution in [0.1, 0.15) is 56.7 Å². The molecule has 2 aromatic heterocycles. The molecule has 0 fully saturated rings. The summed E-state index contributed by atoms with van der Waals surface area (Å²) < 4.78 is 9.99. The number of thiophene rings is 1. The van der Waals surface area contributed by atoms with Crippen LogP contribution >= 0.6 is 11.3 Å². The molecule has 0 saturated carbocycles. The lowest BCUT2D eigenvalue weighted by molar-refractivity contribution is -0.146. The van der Waals surface area contributed by atoms with E-state index < -0.39 is 18.0 Å². The van der Waals surface area contributed by atoms with E-state index in [1.165, 1.54) is 18.9 Å². The zero-order valence-electron chi connectivity index (χ0n) is 15.4. The summed E-state index contributed by atoms with van der Waals surface area (Å²) in [5.41, 5.74) is 1.65. The van der Waals surface area contributed by atoms with Gasteiger partial charge in [-0.3, -0.25) is 9.59 Å². The van der Waals surface area contributed by atoms with Gasteiger partial charge in [0, 0.05) is 17.0 Å². The summed E-state index contributed by atoms with van der Waals surface area (Å²) in [5.74, 6) is -1.28. The molecule has 0 aliphatic carbocycles. The Morgan fingerprint density at radius 3 is 2.62 bits per heavy atom. The number of aryl methyl sites for hydroxylation is 2. The highest BCUT2D eigenvalue weighted by molar-refractivity contribution is 7.09. The molecule has 0 radical (unpaired) electrons. The van der Waals surface area contributed by atoms with Crippen LogP contribution in [0, 0.1) is 13.8 Å². The largest absolute Gasteiger partial charge is 0.465 e. The minimum absolute atomic E-state index is 0.256. The standard InChI is InChI=1S/C19H23NO5S/c1-11-16(19(23)24-4)12(2)20-17(11)18(22)13(3)25-15(21)9-5-7-14-8-6-10-26-14/h6,8,10,13,20H,5,7,9H2,1-4H3/t13-/m0/s1. The van der Waals surface area contributed by atoms with E-state index in [1.54, 1.807) is 25.2 Å². The maximum absolute atomic E-state index is 12.6. The molecule has 0 saturated heterocycles. The monoisotopic (exact) mass is 377 g/mol. The van der Waals surface area contributed by atoms with Gasteiger partial charge >= 0.3 is 11.9 Å². The summed E-state index contributed by atoms with van der Waals surface area (Å²) in [4.78, 5) is 40.5. The Kier molecular flexibility index (Phi) is 6.74. The van der Waals surface area contributed by atoms with Crippen LogP contribution in [0.2, 0.25) is 0 Å². The molecule has 1 atom stereocenters. The van der Waals surface area contributed by atoms with Gasteiger partial charge in [0.1, 0.15) is 0 Å². The first-order chi connectivity index (χ1) is 12.3. The summed E-state index contributed by atoms with van der Waals surface area (Å²) >= 11 is 1.65. The highest BCUT2D eigenvalue weighted by Gasteiger charge is 2.27. The first-order valence-corrected chi connectivity index (χ1v) is 9.26. The van der Waals surface area contributed by atoms with E-state index >= 15 is 0 Å². The van der Waals surface area contributed by atoms with Crippen LogP contribution in [0.4, 0.5) is 0 Å². The van der Waals surface area contributed by atoms with Gasteiger partial charge in [-0.25, -0.2) is 4.79 Å². The minimum Gasteiger partial charge on any atom is -0.465 e. The van der Waals surface area contributed by atoms with E-state index in [2.05, 4.69) is 4.98 Å². The highest BCUT2D eigenvalue weighted by atomic mass is 32.1. The number of aromatic nitrogens is 1. The van der Waals surface area contributed by atoms with Crippen molar-refractivity contribution >= 4 is 29.1 Å². The van der Waals surface area contributed by atoms with Crippen molar-refractivity contribution in [2.24, 2.45) is 0 Å². The quantitative estimate of drug-likeness (QED) is 0.561. The van der Waals surface area contributed by atoms with E-state index in [1.807, 2.05) is 17.5 Å². The molecule has 0 unspecified atom stereocenters. The summed E-state index contributed by atoms with van der Waals surface area (Å²) in [6.07, 6.45) is 0.817. The molecule has 2 rings (SSSR count). The first-order valence-electron chi connectivity index (χ1n) is 8.38. The zero-order valence-corrected chi connectivity index (χ0v) is 16.2. The lowest BCUT2D eigenvalue weighted by Gasteiger charge is -2.12. The maximum atomic E-state index is 12.6. The topological polar surface area (TPSA) is 85.5 Å². The predicted molar refractivity (Wildman–Crippen MR) is 98.7 cm³/mol. The van der Waals surface area contributed by atoms with Gasteiger partial charge in [0.05, 0.1) is 18.4 Å². The van der Waals surface area contributed by atoms with Gasteiger partial charge in [0.25, 0.3) is 0 Å². The van der Waals surface area contributed by atoms with E-state index in [9.17, 15) is 14.4 Å². The fourth-order valence-corrected chi connectivity index (χ4v) is 3.53. The number of carbonyl (C=O) groups excluding carboxylic acids is 3. The average molecular weight is 377 g/mol. The summed E-state index contributed by atoms with van der Waals surface area (Å²) in [6, 6.07) is 4.00. The van der Waals surface area contributed by atoms with Gasteiger partial charge in [-0.1, -0.05) is 6.07 Å². The number of rotatable bonds is 8. The third kappa shape index (κ3) is 4.60. The minimum atomic E-state index is -0.925. The summed E-state index contributed by atoms with van der Waals surface area (Å²) in [6.45, 7) is 4.89. The maximum Gasteiger partial charge on any atom is 0.339 e. The van der Waals surface area contributed by atoms with Crippen molar-refractivity contribution in [2.75, 3.05) is 7.11 Å².